The zero-order valence-corrected chi connectivity index (χ0v) is 10.5. The van der Waals surface area contributed by atoms with Gasteiger partial charge in [-0.05, 0) is 13.0 Å². The van der Waals surface area contributed by atoms with Crippen molar-refractivity contribution in [1.82, 2.24) is 10.3 Å². The van der Waals surface area contributed by atoms with Crippen LogP contribution in [0.2, 0.25) is 0 Å². The SMILES string of the molecule is CCCCCCCNCCc1nccs1. The van der Waals surface area contributed by atoms with E-state index >= 15 is 0 Å². The topological polar surface area (TPSA) is 24.9 Å². The van der Waals surface area contributed by atoms with E-state index in [1.54, 1.807) is 11.3 Å². The highest BCUT2D eigenvalue weighted by Crippen LogP contribution is 2.04. The summed E-state index contributed by atoms with van der Waals surface area (Å²) in [5.41, 5.74) is 0. The zero-order valence-electron chi connectivity index (χ0n) is 9.67. The number of nitrogens with zero attached hydrogens (tertiary/aromatic N) is 1. The minimum absolute atomic E-state index is 1.07. The van der Waals surface area contributed by atoms with E-state index in [9.17, 15) is 0 Å². The van der Waals surface area contributed by atoms with Crippen LogP contribution in [0.25, 0.3) is 0 Å². The standard InChI is InChI=1S/C12H22N2S/c1-2-3-4-5-6-8-13-9-7-12-14-10-11-15-12/h10-11,13H,2-9H2,1H3. The molecule has 0 fully saturated rings. The van der Waals surface area contributed by atoms with E-state index in [4.69, 9.17) is 0 Å². The molecule has 0 aliphatic heterocycles. The molecule has 15 heavy (non-hydrogen) atoms. The Morgan fingerprint density at radius 3 is 2.80 bits per heavy atom. The molecule has 1 aromatic heterocycles. The molecule has 0 aliphatic rings. The Hall–Kier alpha value is -0.410. The van der Waals surface area contributed by atoms with Gasteiger partial charge in [-0.25, -0.2) is 4.98 Å². The third-order valence-electron chi connectivity index (χ3n) is 2.46. The lowest BCUT2D eigenvalue weighted by atomic mass is 10.1. The van der Waals surface area contributed by atoms with Crippen LogP contribution in [-0.4, -0.2) is 18.1 Å². The Morgan fingerprint density at radius 1 is 1.20 bits per heavy atom. The predicted molar refractivity (Wildman–Crippen MR) is 67.4 cm³/mol. The van der Waals surface area contributed by atoms with Crippen LogP contribution in [0.5, 0.6) is 0 Å². The van der Waals surface area contributed by atoms with Gasteiger partial charge in [-0.3, -0.25) is 0 Å². The summed E-state index contributed by atoms with van der Waals surface area (Å²) < 4.78 is 0. The quantitative estimate of drug-likeness (QED) is 0.654. The average Bonchev–Trinajstić information content (AvgIpc) is 2.75. The number of unbranched alkanes of at least 4 members (excludes halogenated alkanes) is 4. The van der Waals surface area contributed by atoms with Crippen LogP contribution in [0.15, 0.2) is 11.6 Å². The number of rotatable bonds is 9. The molecule has 1 rings (SSSR count). The van der Waals surface area contributed by atoms with E-state index in [1.165, 1.54) is 37.1 Å². The average molecular weight is 226 g/mol. The van der Waals surface area contributed by atoms with Crippen molar-refractivity contribution >= 4 is 11.3 Å². The molecule has 3 heteroatoms. The molecule has 0 unspecified atom stereocenters. The summed E-state index contributed by atoms with van der Waals surface area (Å²) in [6.45, 7) is 4.49. The largest absolute Gasteiger partial charge is 0.316 e. The van der Waals surface area contributed by atoms with Gasteiger partial charge in [0.05, 0.1) is 5.01 Å². The second-order valence-electron chi connectivity index (χ2n) is 3.84. The highest BCUT2D eigenvalue weighted by atomic mass is 32.1. The molecule has 1 heterocycles. The van der Waals surface area contributed by atoms with Gasteiger partial charge in [0.15, 0.2) is 0 Å². The molecule has 0 spiro atoms. The van der Waals surface area contributed by atoms with Gasteiger partial charge < -0.3 is 5.32 Å². The van der Waals surface area contributed by atoms with E-state index in [0.717, 1.165) is 19.5 Å². The second-order valence-corrected chi connectivity index (χ2v) is 4.82. The van der Waals surface area contributed by atoms with Gasteiger partial charge in [0.2, 0.25) is 0 Å². The zero-order chi connectivity index (χ0) is 10.8. The highest BCUT2D eigenvalue weighted by molar-refractivity contribution is 7.09. The fourth-order valence-corrected chi connectivity index (χ4v) is 2.17. The van der Waals surface area contributed by atoms with Crippen molar-refractivity contribution in [1.29, 1.82) is 0 Å². The van der Waals surface area contributed by atoms with Crippen molar-refractivity contribution in [3.8, 4) is 0 Å². The van der Waals surface area contributed by atoms with Gasteiger partial charge in [0, 0.05) is 24.5 Å². The Balaban J connectivity index is 1.81. The third kappa shape index (κ3) is 6.63. The lowest BCUT2D eigenvalue weighted by Gasteiger charge is -2.02. The van der Waals surface area contributed by atoms with Crippen molar-refractivity contribution in [2.75, 3.05) is 13.1 Å². The fraction of sp³-hybridized carbons (Fsp3) is 0.750. The van der Waals surface area contributed by atoms with Crippen LogP contribution < -0.4 is 5.32 Å². The van der Waals surface area contributed by atoms with Crippen LogP contribution >= 0.6 is 11.3 Å². The first-order valence-electron chi connectivity index (χ1n) is 6.02. The molecule has 86 valence electrons. The Morgan fingerprint density at radius 2 is 2.07 bits per heavy atom. The first-order valence-corrected chi connectivity index (χ1v) is 6.90. The van der Waals surface area contributed by atoms with Gasteiger partial charge in [-0.2, -0.15) is 0 Å². The van der Waals surface area contributed by atoms with Crippen molar-refractivity contribution in [2.45, 2.75) is 45.4 Å². The molecule has 0 atom stereocenters. The van der Waals surface area contributed by atoms with Gasteiger partial charge in [-0.15, -0.1) is 11.3 Å². The molecule has 0 amide bonds. The summed E-state index contributed by atoms with van der Waals surface area (Å²) in [6.07, 6.45) is 9.76. The summed E-state index contributed by atoms with van der Waals surface area (Å²) in [7, 11) is 0. The Labute approximate surface area is 97.1 Å². The van der Waals surface area contributed by atoms with Crippen LogP contribution in [-0.2, 0) is 6.42 Å². The normalized spacial score (nSPS) is 10.7. The van der Waals surface area contributed by atoms with Gasteiger partial charge in [0.1, 0.15) is 0 Å². The van der Waals surface area contributed by atoms with Gasteiger partial charge in [-0.1, -0.05) is 32.6 Å². The van der Waals surface area contributed by atoms with Gasteiger partial charge in [0.25, 0.3) is 0 Å². The van der Waals surface area contributed by atoms with Crippen LogP contribution in [0, 0.1) is 0 Å². The lowest BCUT2D eigenvalue weighted by molar-refractivity contribution is 0.584. The molecule has 0 radical (unpaired) electrons. The smallest absolute Gasteiger partial charge is 0.0937 e. The molecular formula is C12H22N2S. The molecule has 2 nitrogen and oxygen atoms in total. The summed E-state index contributed by atoms with van der Waals surface area (Å²) in [4.78, 5) is 4.25. The minimum Gasteiger partial charge on any atom is -0.316 e. The molecule has 1 N–H and O–H groups in total. The highest BCUT2D eigenvalue weighted by Gasteiger charge is 1.94. The van der Waals surface area contributed by atoms with Crippen molar-refractivity contribution in [3.63, 3.8) is 0 Å². The van der Waals surface area contributed by atoms with Crippen molar-refractivity contribution in [2.24, 2.45) is 0 Å². The Kier molecular flexibility index (Phi) is 7.48. The third-order valence-corrected chi connectivity index (χ3v) is 3.30. The number of hydrogen-bond donors (Lipinski definition) is 1. The first-order chi connectivity index (χ1) is 7.43. The molecular weight excluding hydrogens is 204 g/mol. The second kappa shape index (κ2) is 8.86. The van der Waals surface area contributed by atoms with Gasteiger partial charge >= 0.3 is 0 Å². The number of thiazole rings is 1. The molecule has 0 aromatic carbocycles. The Bertz CT molecular complexity index is 222. The maximum absolute atomic E-state index is 4.25. The van der Waals surface area contributed by atoms with E-state index < -0.39 is 0 Å². The summed E-state index contributed by atoms with van der Waals surface area (Å²) in [6, 6.07) is 0. The van der Waals surface area contributed by atoms with E-state index in [1.807, 2.05) is 11.6 Å². The molecule has 0 aliphatic carbocycles. The molecule has 1 aromatic rings. The summed E-state index contributed by atoms with van der Waals surface area (Å²) in [5.74, 6) is 0. The summed E-state index contributed by atoms with van der Waals surface area (Å²) in [5, 5.41) is 6.75. The lowest BCUT2D eigenvalue weighted by Crippen LogP contribution is -2.18. The van der Waals surface area contributed by atoms with E-state index in [2.05, 4.69) is 17.2 Å². The maximum Gasteiger partial charge on any atom is 0.0937 e. The van der Waals surface area contributed by atoms with Crippen molar-refractivity contribution in [3.05, 3.63) is 16.6 Å². The maximum atomic E-state index is 4.25. The monoisotopic (exact) mass is 226 g/mol. The summed E-state index contributed by atoms with van der Waals surface area (Å²) >= 11 is 1.75. The van der Waals surface area contributed by atoms with E-state index in [0.29, 0.717) is 0 Å². The predicted octanol–water partition coefficient (Wildman–Crippen LogP) is 3.25. The van der Waals surface area contributed by atoms with Crippen LogP contribution in [0.4, 0.5) is 0 Å². The number of aromatic nitrogens is 1. The fourth-order valence-electron chi connectivity index (χ4n) is 1.55. The molecule has 0 bridgehead atoms. The molecule has 0 saturated heterocycles. The minimum atomic E-state index is 1.07. The molecule has 0 saturated carbocycles. The van der Waals surface area contributed by atoms with Crippen LogP contribution in [0.1, 0.15) is 44.0 Å². The van der Waals surface area contributed by atoms with Crippen LogP contribution in [0.3, 0.4) is 0 Å². The first kappa shape index (κ1) is 12.7. The number of hydrogen-bond acceptors (Lipinski definition) is 3. The number of nitrogens with one attached hydrogen (secondary N) is 1. The van der Waals surface area contributed by atoms with E-state index in [-0.39, 0.29) is 0 Å². The van der Waals surface area contributed by atoms with Crippen molar-refractivity contribution < 1.29 is 0 Å².